The lowest BCUT2D eigenvalue weighted by Crippen LogP contribution is -2.62. The van der Waals surface area contributed by atoms with E-state index >= 15 is 0 Å². The van der Waals surface area contributed by atoms with Crippen molar-refractivity contribution in [2.75, 3.05) is 7.05 Å². The van der Waals surface area contributed by atoms with E-state index in [-0.39, 0.29) is 0 Å². The quantitative estimate of drug-likeness (QED) is 0.666. The molecule has 90 valence electrons. The normalized spacial score (nSPS) is 63.4. The fourth-order valence-corrected chi connectivity index (χ4v) is 6.89. The Morgan fingerprint density at radius 1 is 0.500 bits per heavy atom. The van der Waals surface area contributed by atoms with Crippen molar-refractivity contribution in [2.45, 2.75) is 38.5 Å². The Morgan fingerprint density at radius 2 is 0.688 bits per heavy atom. The molecule has 0 aromatic carbocycles. The number of nitrogens with two attached hydrogens (primary N) is 1. The van der Waals surface area contributed by atoms with Crippen LogP contribution in [-0.4, -0.2) is 7.05 Å². The van der Waals surface area contributed by atoms with E-state index in [1.165, 1.54) is 54.4 Å². The zero-order valence-electron chi connectivity index (χ0n) is 10.4. The fraction of sp³-hybridized carbons (Fsp3) is 1.00. The SMILES string of the molecule is C1C2CC3C4CC5CC(C14)C(C2)C3C5.CN. The molecule has 7 aliphatic rings. The van der Waals surface area contributed by atoms with Gasteiger partial charge >= 0.3 is 0 Å². The lowest BCUT2D eigenvalue weighted by atomic mass is 9.36. The van der Waals surface area contributed by atoms with Crippen molar-refractivity contribution >= 4 is 0 Å². The molecule has 0 spiro atoms. The van der Waals surface area contributed by atoms with Gasteiger partial charge in [0.15, 0.2) is 0 Å². The Morgan fingerprint density at radius 3 is 0.875 bits per heavy atom. The fourth-order valence-electron chi connectivity index (χ4n) is 6.89. The highest BCUT2D eigenvalue weighted by molar-refractivity contribution is 5.12. The molecule has 0 radical (unpaired) electrons. The maximum Gasteiger partial charge on any atom is -0.0195 e. The summed E-state index contributed by atoms with van der Waals surface area (Å²) in [4.78, 5) is 0. The summed E-state index contributed by atoms with van der Waals surface area (Å²) in [6.07, 6.45) is 9.93. The summed E-state index contributed by atoms with van der Waals surface area (Å²) in [7, 11) is 1.50. The minimum absolute atomic E-state index is 1.19. The topological polar surface area (TPSA) is 26.0 Å². The van der Waals surface area contributed by atoms with Gasteiger partial charge in [0.05, 0.1) is 0 Å². The molecule has 8 bridgehead atoms. The molecule has 0 amide bonds. The van der Waals surface area contributed by atoms with E-state index in [0.29, 0.717) is 0 Å². The zero-order chi connectivity index (χ0) is 10.9. The maximum atomic E-state index is 4.50. The van der Waals surface area contributed by atoms with E-state index < -0.39 is 0 Å². The third-order valence-corrected chi connectivity index (χ3v) is 6.93. The summed E-state index contributed by atoms with van der Waals surface area (Å²) in [6.45, 7) is 0. The van der Waals surface area contributed by atoms with Crippen LogP contribution in [0.25, 0.3) is 0 Å². The van der Waals surface area contributed by atoms with E-state index in [2.05, 4.69) is 5.73 Å². The molecular formula is C15H25N. The summed E-state index contributed by atoms with van der Waals surface area (Å²) < 4.78 is 0. The van der Waals surface area contributed by atoms with Gasteiger partial charge in [-0.05, 0) is 92.9 Å². The summed E-state index contributed by atoms with van der Waals surface area (Å²) in [5.74, 6) is 9.74. The van der Waals surface area contributed by atoms with Crippen LogP contribution >= 0.6 is 0 Å². The van der Waals surface area contributed by atoms with E-state index in [1.807, 2.05) is 0 Å². The molecule has 0 aromatic rings. The predicted molar refractivity (Wildman–Crippen MR) is 65.7 cm³/mol. The van der Waals surface area contributed by atoms with Crippen LogP contribution in [-0.2, 0) is 0 Å². The van der Waals surface area contributed by atoms with Gasteiger partial charge in [0.1, 0.15) is 0 Å². The third kappa shape index (κ3) is 1.02. The Kier molecular flexibility index (Phi) is 2.02. The first-order valence-corrected chi connectivity index (χ1v) is 7.48. The van der Waals surface area contributed by atoms with Gasteiger partial charge in [-0.25, -0.2) is 0 Å². The lowest BCUT2D eigenvalue weighted by Gasteiger charge is -2.69. The van der Waals surface area contributed by atoms with Gasteiger partial charge in [-0.1, -0.05) is 0 Å². The summed E-state index contributed by atoms with van der Waals surface area (Å²) in [6, 6.07) is 0. The third-order valence-electron chi connectivity index (χ3n) is 6.93. The van der Waals surface area contributed by atoms with Gasteiger partial charge in [-0.2, -0.15) is 0 Å². The molecule has 0 aromatic heterocycles. The van der Waals surface area contributed by atoms with Crippen LogP contribution in [0.1, 0.15) is 38.5 Å². The highest BCUT2D eigenvalue weighted by Crippen LogP contribution is 2.71. The molecular weight excluding hydrogens is 194 g/mol. The highest BCUT2D eigenvalue weighted by atomic mass is 14.7. The van der Waals surface area contributed by atoms with Gasteiger partial charge in [0, 0.05) is 0 Å². The van der Waals surface area contributed by atoms with Crippen molar-refractivity contribution in [3.8, 4) is 0 Å². The minimum atomic E-state index is 1.19. The van der Waals surface area contributed by atoms with Crippen molar-refractivity contribution in [3.05, 3.63) is 0 Å². The molecule has 7 fully saturated rings. The second kappa shape index (κ2) is 3.25. The van der Waals surface area contributed by atoms with E-state index in [9.17, 15) is 0 Å². The van der Waals surface area contributed by atoms with Crippen LogP contribution < -0.4 is 5.73 Å². The number of hydrogen-bond donors (Lipinski definition) is 1. The lowest BCUT2D eigenvalue weighted by molar-refractivity contribution is -0.202. The van der Waals surface area contributed by atoms with E-state index in [0.717, 1.165) is 0 Å². The van der Waals surface area contributed by atoms with Gasteiger partial charge in [0.2, 0.25) is 0 Å². The number of rotatable bonds is 0. The van der Waals surface area contributed by atoms with Gasteiger partial charge in [-0.3, -0.25) is 0 Å². The first-order valence-electron chi connectivity index (χ1n) is 7.48. The van der Waals surface area contributed by atoms with Crippen molar-refractivity contribution < 1.29 is 0 Å². The summed E-state index contributed by atoms with van der Waals surface area (Å²) >= 11 is 0. The van der Waals surface area contributed by atoms with Crippen LogP contribution in [0.3, 0.4) is 0 Å². The Bertz CT molecular complexity index is 210. The molecule has 0 aliphatic heterocycles. The van der Waals surface area contributed by atoms with Gasteiger partial charge in [0.25, 0.3) is 0 Å². The Balaban J connectivity index is 0.000000345. The standard InChI is InChI=1S/C14H20.CH5N/c1-7-2-12-10-4-8-5-11(9(1)10)13(3-7)14(12)6-8;1-2/h7-14H,1-6H2;2H2,1H3. The van der Waals surface area contributed by atoms with Gasteiger partial charge < -0.3 is 5.73 Å². The first kappa shape index (κ1) is 9.94. The van der Waals surface area contributed by atoms with Crippen LogP contribution in [0.2, 0.25) is 0 Å². The Labute approximate surface area is 99.2 Å². The van der Waals surface area contributed by atoms with Crippen molar-refractivity contribution in [1.29, 1.82) is 0 Å². The van der Waals surface area contributed by atoms with Crippen molar-refractivity contribution in [3.63, 3.8) is 0 Å². The smallest absolute Gasteiger partial charge is 0.0195 e. The van der Waals surface area contributed by atoms with Crippen LogP contribution in [0, 0.1) is 47.3 Å². The van der Waals surface area contributed by atoms with Crippen molar-refractivity contribution in [1.82, 2.24) is 0 Å². The maximum absolute atomic E-state index is 4.50. The van der Waals surface area contributed by atoms with Gasteiger partial charge in [-0.15, -0.1) is 0 Å². The van der Waals surface area contributed by atoms with Crippen LogP contribution in [0.15, 0.2) is 0 Å². The van der Waals surface area contributed by atoms with E-state index in [4.69, 9.17) is 0 Å². The molecule has 7 aliphatic carbocycles. The van der Waals surface area contributed by atoms with Crippen molar-refractivity contribution in [2.24, 2.45) is 53.1 Å². The Hall–Kier alpha value is -0.0400. The molecule has 16 heavy (non-hydrogen) atoms. The average Bonchev–Trinajstić information content (AvgIpc) is 2.37. The second-order valence-electron chi connectivity index (χ2n) is 7.13. The largest absolute Gasteiger partial charge is 0.333 e. The van der Waals surface area contributed by atoms with E-state index in [1.54, 1.807) is 38.5 Å². The van der Waals surface area contributed by atoms with Crippen LogP contribution in [0.5, 0.6) is 0 Å². The molecule has 1 heteroatoms. The molecule has 0 heterocycles. The second-order valence-corrected chi connectivity index (χ2v) is 7.13. The number of hydrogen-bond acceptors (Lipinski definition) is 1. The molecule has 1 nitrogen and oxygen atoms in total. The minimum Gasteiger partial charge on any atom is -0.333 e. The summed E-state index contributed by atoms with van der Waals surface area (Å²) in [5.41, 5.74) is 4.50. The monoisotopic (exact) mass is 219 g/mol. The molecule has 0 saturated heterocycles. The zero-order valence-corrected chi connectivity index (χ0v) is 10.4. The molecule has 2 N–H and O–H groups in total. The summed E-state index contributed by atoms with van der Waals surface area (Å²) in [5, 5.41) is 0. The molecule has 7 rings (SSSR count). The molecule has 7 saturated carbocycles. The average molecular weight is 219 g/mol. The molecule has 0 unspecified atom stereocenters. The molecule has 0 atom stereocenters. The van der Waals surface area contributed by atoms with Crippen LogP contribution in [0.4, 0.5) is 0 Å². The highest BCUT2D eigenvalue weighted by Gasteiger charge is 2.63. The predicted octanol–water partition coefficient (Wildman–Crippen LogP) is 2.90. The first-order chi connectivity index (χ1) is 7.90.